The normalized spacial score (nSPS) is 11.0. The molecule has 0 atom stereocenters. The Bertz CT molecular complexity index is 801. The lowest BCUT2D eigenvalue weighted by atomic mass is 10.2. The molecule has 0 unspecified atom stereocenters. The first-order valence-corrected chi connectivity index (χ1v) is 6.98. The van der Waals surface area contributed by atoms with Crippen molar-refractivity contribution in [3.05, 3.63) is 46.5 Å². The van der Waals surface area contributed by atoms with Gasteiger partial charge >= 0.3 is 0 Å². The lowest BCUT2D eigenvalue weighted by molar-refractivity contribution is 0.395. The van der Waals surface area contributed by atoms with Gasteiger partial charge in [0.1, 0.15) is 11.0 Å². The van der Waals surface area contributed by atoms with E-state index >= 15 is 0 Å². The molecule has 4 nitrogen and oxygen atoms in total. The minimum Gasteiger partial charge on any atom is -0.503 e. The van der Waals surface area contributed by atoms with Crippen molar-refractivity contribution in [1.29, 1.82) is 0 Å². The number of phenols is 1. The molecule has 0 saturated heterocycles. The summed E-state index contributed by atoms with van der Waals surface area (Å²) in [5.74, 6) is -3.00. The van der Waals surface area contributed by atoms with Crippen LogP contribution in [0.4, 0.5) is 14.5 Å². The second kappa shape index (κ2) is 5.42. The van der Waals surface area contributed by atoms with Gasteiger partial charge in [-0.15, -0.1) is 0 Å². The molecule has 2 N–H and O–H groups in total. The van der Waals surface area contributed by atoms with Crippen LogP contribution in [0.3, 0.4) is 0 Å². The van der Waals surface area contributed by atoms with E-state index in [0.29, 0.717) is 27.3 Å². The molecule has 0 aliphatic heterocycles. The number of hydrogen-bond donors (Lipinski definition) is 2. The number of aromatic hydroxyl groups is 1. The fourth-order valence-electron chi connectivity index (χ4n) is 1.91. The Kier molecular flexibility index (Phi) is 3.60. The number of benzene rings is 2. The monoisotopic (exact) mass is 327 g/mol. The highest BCUT2D eigenvalue weighted by Crippen LogP contribution is 2.30. The van der Waals surface area contributed by atoms with Gasteiger partial charge in [-0.2, -0.15) is 8.75 Å². The predicted octanol–water partition coefficient (Wildman–Crippen LogP) is 3.94. The zero-order valence-electron chi connectivity index (χ0n) is 10.4. The summed E-state index contributed by atoms with van der Waals surface area (Å²) in [6, 6.07) is 5.52. The minimum absolute atomic E-state index is 0.129. The van der Waals surface area contributed by atoms with Crippen LogP contribution >= 0.6 is 23.3 Å². The van der Waals surface area contributed by atoms with Gasteiger partial charge in [-0.3, -0.25) is 0 Å². The summed E-state index contributed by atoms with van der Waals surface area (Å²) in [6.45, 7) is 0.129. The first kappa shape index (κ1) is 14.0. The first-order chi connectivity index (χ1) is 10.1. The van der Waals surface area contributed by atoms with Gasteiger partial charge < -0.3 is 10.4 Å². The molecule has 0 fully saturated rings. The van der Waals surface area contributed by atoms with Crippen LogP contribution in [-0.4, -0.2) is 13.9 Å². The summed E-state index contributed by atoms with van der Waals surface area (Å²) in [5.41, 5.74) is 2.18. The minimum atomic E-state index is -1.01. The number of nitrogens with zero attached hydrogens (tertiary/aromatic N) is 2. The van der Waals surface area contributed by atoms with E-state index in [0.717, 1.165) is 23.9 Å². The number of hydrogen-bond acceptors (Lipinski definition) is 5. The smallest absolute Gasteiger partial charge is 0.187 e. The Morgan fingerprint density at radius 3 is 2.62 bits per heavy atom. The van der Waals surface area contributed by atoms with Crippen LogP contribution in [-0.2, 0) is 6.54 Å². The van der Waals surface area contributed by atoms with Crippen LogP contribution in [0.1, 0.15) is 5.56 Å². The molecule has 2 aromatic carbocycles. The van der Waals surface area contributed by atoms with Crippen LogP contribution in [0.2, 0.25) is 5.02 Å². The van der Waals surface area contributed by atoms with Crippen molar-refractivity contribution in [2.75, 3.05) is 5.32 Å². The van der Waals surface area contributed by atoms with Gasteiger partial charge in [0.2, 0.25) is 0 Å². The van der Waals surface area contributed by atoms with Crippen molar-refractivity contribution in [2.24, 2.45) is 0 Å². The molecule has 0 radical (unpaired) electrons. The number of nitrogens with one attached hydrogen (secondary N) is 1. The van der Waals surface area contributed by atoms with E-state index in [-0.39, 0.29) is 6.54 Å². The number of aromatic nitrogens is 2. The molecule has 1 heterocycles. The molecule has 8 heteroatoms. The summed E-state index contributed by atoms with van der Waals surface area (Å²) in [6.07, 6.45) is 0. The number of anilines is 1. The topological polar surface area (TPSA) is 58.0 Å². The summed E-state index contributed by atoms with van der Waals surface area (Å²) in [5, 5.41) is 12.5. The fourth-order valence-corrected chi connectivity index (χ4v) is 2.67. The molecular formula is C13H8ClF2N3OS. The Morgan fingerprint density at radius 2 is 1.90 bits per heavy atom. The fraction of sp³-hybridized carbons (Fsp3) is 0.0769. The van der Waals surface area contributed by atoms with Gasteiger partial charge in [-0.25, -0.2) is 8.78 Å². The average Bonchev–Trinajstić information content (AvgIpc) is 2.92. The predicted molar refractivity (Wildman–Crippen MR) is 77.8 cm³/mol. The van der Waals surface area contributed by atoms with Gasteiger partial charge in [0.25, 0.3) is 0 Å². The third-order valence-electron chi connectivity index (χ3n) is 2.92. The van der Waals surface area contributed by atoms with Crippen LogP contribution in [0, 0.1) is 11.6 Å². The second-order valence-corrected chi connectivity index (χ2v) is 5.25. The quantitative estimate of drug-likeness (QED) is 0.765. The van der Waals surface area contributed by atoms with E-state index in [9.17, 15) is 8.78 Å². The number of rotatable bonds is 3. The van der Waals surface area contributed by atoms with E-state index in [1.807, 2.05) is 0 Å². The molecule has 0 aliphatic rings. The van der Waals surface area contributed by atoms with Crippen molar-refractivity contribution >= 4 is 40.0 Å². The van der Waals surface area contributed by atoms with Gasteiger partial charge in [0.05, 0.1) is 22.4 Å². The molecule has 1 aromatic heterocycles. The van der Waals surface area contributed by atoms with Crippen LogP contribution in [0.15, 0.2) is 24.3 Å². The Hall–Kier alpha value is -1.99. The highest BCUT2D eigenvalue weighted by atomic mass is 35.5. The molecule has 0 spiro atoms. The van der Waals surface area contributed by atoms with E-state index < -0.39 is 17.4 Å². The second-order valence-electron chi connectivity index (χ2n) is 4.32. The molecule has 0 bridgehead atoms. The van der Waals surface area contributed by atoms with Crippen LogP contribution < -0.4 is 5.32 Å². The van der Waals surface area contributed by atoms with Crippen molar-refractivity contribution in [3.8, 4) is 5.75 Å². The molecule has 0 saturated carbocycles. The maximum atomic E-state index is 13.3. The van der Waals surface area contributed by atoms with Crippen molar-refractivity contribution in [3.63, 3.8) is 0 Å². The Balaban J connectivity index is 1.90. The summed E-state index contributed by atoms with van der Waals surface area (Å²) in [7, 11) is 0. The lowest BCUT2D eigenvalue weighted by Gasteiger charge is -2.09. The number of halogens is 3. The van der Waals surface area contributed by atoms with Gasteiger partial charge in [0.15, 0.2) is 17.4 Å². The van der Waals surface area contributed by atoms with Crippen molar-refractivity contribution in [1.82, 2.24) is 8.75 Å². The molecule has 21 heavy (non-hydrogen) atoms. The van der Waals surface area contributed by atoms with E-state index in [1.165, 1.54) is 0 Å². The van der Waals surface area contributed by atoms with Crippen LogP contribution in [0.5, 0.6) is 5.75 Å². The largest absolute Gasteiger partial charge is 0.503 e. The first-order valence-electron chi connectivity index (χ1n) is 5.88. The summed E-state index contributed by atoms with van der Waals surface area (Å²) < 4.78 is 34.8. The summed E-state index contributed by atoms with van der Waals surface area (Å²) >= 11 is 7.15. The molecular weight excluding hydrogens is 320 g/mol. The molecule has 0 aliphatic carbocycles. The zero-order valence-corrected chi connectivity index (χ0v) is 12.0. The van der Waals surface area contributed by atoms with E-state index in [4.69, 9.17) is 16.7 Å². The third kappa shape index (κ3) is 2.62. The zero-order chi connectivity index (χ0) is 15.0. The average molecular weight is 328 g/mol. The third-order valence-corrected chi connectivity index (χ3v) is 3.78. The number of phenolic OH excluding ortho intramolecular Hbond substituents is 1. The molecule has 0 amide bonds. The lowest BCUT2D eigenvalue weighted by Crippen LogP contribution is -2.02. The van der Waals surface area contributed by atoms with Gasteiger partial charge in [-0.1, -0.05) is 11.6 Å². The van der Waals surface area contributed by atoms with E-state index in [1.54, 1.807) is 12.1 Å². The molecule has 3 aromatic rings. The Labute approximate surface area is 127 Å². The van der Waals surface area contributed by atoms with E-state index in [2.05, 4.69) is 14.1 Å². The highest BCUT2D eigenvalue weighted by molar-refractivity contribution is 7.00. The molecule has 3 rings (SSSR count). The highest BCUT2D eigenvalue weighted by Gasteiger charge is 2.12. The Morgan fingerprint density at radius 1 is 1.19 bits per heavy atom. The van der Waals surface area contributed by atoms with Gasteiger partial charge in [-0.05, 0) is 29.8 Å². The maximum Gasteiger partial charge on any atom is 0.187 e. The van der Waals surface area contributed by atoms with Crippen molar-refractivity contribution < 1.29 is 13.9 Å². The van der Waals surface area contributed by atoms with Crippen LogP contribution in [0.25, 0.3) is 11.0 Å². The van der Waals surface area contributed by atoms with Gasteiger partial charge in [0, 0.05) is 6.54 Å². The molecule has 108 valence electrons. The SMILES string of the molecule is Oc1c(F)cc(CNc2c(Cl)ccc3nsnc23)cc1F. The maximum absolute atomic E-state index is 13.3. The standard InChI is InChI=1S/C13H8ClF2N3OS/c14-7-1-2-10-12(19-21-18-10)11(7)17-5-6-3-8(15)13(20)9(16)4-6/h1-4,17,20H,5H2. The number of fused-ring (bicyclic) bond motifs is 1. The summed E-state index contributed by atoms with van der Waals surface area (Å²) in [4.78, 5) is 0. The van der Waals surface area contributed by atoms with Crippen molar-refractivity contribution in [2.45, 2.75) is 6.54 Å².